The first-order chi connectivity index (χ1) is 17.4. The molecule has 186 valence electrons. The lowest BCUT2D eigenvalue weighted by molar-refractivity contribution is -0.115. The van der Waals surface area contributed by atoms with E-state index in [2.05, 4.69) is 10.3 Å². The van der Waals surface area contributed by atoms with Crippen LogP contribution in [0.15, 0.2) is 71.9 Å². The number of benzene rings is 3. The van der Waals surface area contributed by atoms with Crippen molar-refractivity contribution in [3.05, 3.63) is 71.8 Å². The lowest BCUT2D eigenvalue weighted by Crippen LogP contribution is -2.22. The molecule has 1 amide bonds. The summed E-state index contributed by atoms with van der Waals surface area (Å²) in [6, 6.07) is 20.6. The average molecular weight is 524 g/mol. The molecule has 0 fully saturated rings. The van der Waals surface area contributed by atoms with E-state index >= 15 is 0 Å². The molecule has 9 heteroatoms. The number of hydrogen-bond donors (Lipinski definition) is 2. The van der Waals surface area contributed by atoms with Crippen molar-refractivity contribution in [2.45, 2.75) is 17.3 Å². The number of H-pyrrole nitrogens is 1. The number of ether oxygens (including phenoxy) is 3. The molecule has 3 aromatic carbocycles. The third-order valence-electron chi connectivity index (χ3n) is 5.50. The van der Waals surface area contributed by atoms with Gasteiger partial charge in [-0.1, -0.05) is 23.4 Å². The molecule has 1 heterocycles. The summed E-state index contributed by atoms with van der Waals surface area (Å²) < 4.78 is 15.8. The number of rotatable bonds is 9. The van der Waals surface area contributed by atoms with E-state index in [9.17, 15) is 4.79 Å². The van der Waals surface area contributed by atoms with Crippen molar-refractivity contribution in [1.29, 1.82) is 0 Å². The molecule has 0 saturated heterocycles. The quantitative estimate of drug-likeness (QED) is 0.242. The van der Waals surface area contributed by atoms with E-state index in [-0.39, 0.29) is 5.91 Å². The molecule has 1 atom stereocenters. The second kappa shape index (κ2) is 11.4. The first-order valence-electron chi connectivity index (χ1n) is 11.1. The smallest absolute Gasteiger partial charge is 0.237 e. The van der Waals surface area contributed by atoms with Crippen LogP contribution in [-0.4, -0.2) is 42.5 Å². The Kier molecular flexibility index (Phi) is 8.07. The van der Waals surface area contributed by atoms with Crippen LogP contribution in [0.4, 0.5) is 5.69 Å². The summed E-state index contributed by atoms with van der Waals surface area (Å²) in [6.07, 6.45) is 0. The molecular formula is C27H26ClN3O4S. The van der Waals surface area contributed by atoms with Gasteiger partial charge in [0.25, 0.3) is 0 Å². The normalized spacial score (nSPS) is 11.6. The lowest BCUT2D eigenvalue weighted by Gasteiger charge is -2.12. The van der Waals surface area contributed by atoms with Gasteiger partial charge in [0.05, 0.1) is 43.0 Å². The fourth-order valence-corrected chi connectivity index (χ4v) is 4.60. The summed E-state index contributed by atoms with van der Waals surface area (Å²) in [7, 11) is 4.81. The Morgan fingerprint density at radius 3 is 2.08 bits per heavy atom. The first kappa shape index (κ1) is 25.5. The molecular weight excluding hydrogens is 498 g/mol. The zero-order chi connectivity index (χ0) is 25.7. The number of nitrogens with zero attached hydrogens (tertiary/aromatic N) is 1. The Morgan fingerprint density at radius 2 is 1.53 bits per heavy atom. The van der Waals surface area contributed by atoms with Gasteiger partial charge in [0.2, 0.25) is 5.91 Å². The number of halogens is 1. The number of aromatic amines is 1. The van der Waals surface area contributed by atoms with E-state index in [0.717, 1.165) is 34.0 Å². The second-order valence-corrected chi connectivity index (χ2v) is 9.56. The van der Waals surface area contributed by atoms with Crippen LogP contribution < -0.4 is 19.5 Å². The minimum atomic E-state index is -0.426. The predicted molar refractivity (Wildman–Crippen MR) is 145 cm³/mol. The summed E-state index contributed by atoms with van der Waals surface area (Å²) in [5.74, 6) is 1.90. The van der Waals surface area contributed by atoms with Gasteiger partial charge in [0.15, 0.2) is 5.16 Å². The van der Waals surface area contributed by atoms with Crippen LogP contribution >= 0.6 is 23.4 Å². The first-order valence-corrected chi connectivity index (χ1v) is 12.4. The maximum Gasteiger partial charge on any atom is 0.237 e. The third kappa shape index (κ3) is 5.78. The van der Waals surface area contributed by atoms with Crippen LogP contribution in [0.1, 0.15) is 6.92 Å². The van der Waals surface area contributed by atoms with Crippen molar-refractivity contribution in [1.82, 2.24) is 9.97 Å². The molecule has 36 heavy (non-hydrogen) atoms. The number of methoxy groups -OCH3 is 3. The third-order valence-corrected chi connectivity index (χ3v) is 6.78. The number of hydrogen-bond acceptors (Lipinski definition) is 6. The van der Waals surface area contributed by atoms with Crippen LogP contribution in [0.25, 0.3) is 22.5 Å². The van der Waals surface area contributed by atoms with E-state index in [1.807, 2.05) is 55.5 Å². The number of amides is 1. The molecule has 0 aliphatic carbocycles. The molecule has 0 saturated carbocycles. The van der Waals surface area contributed by atoms with Crippen molar-refractivity contribution < 1.29 is 19.0 Å². The highest BCUT2D eigenvalue weighted by Crippen LogP contribution is 2.35. The Bertz CT molecular complexity index is 1280. The highest BCUT2D eigenvalue weighted by molar-refractivity contribution is 8.00. The van der Waals surface area contributed by atoms with Gasteiger partial charge < -0.3 is 24.5 Å². The summed E-state index contributed by atoms with van der Waals surface area (Å²) in [4.78, 5) is 21.1. The van der Waals surface area contributed by atoms with E-state index < -0.39 is 5.25 Å². The van der Waals surface area contributed by atoms with Crippen LogP contribution in [0.3, 0.4) is 0 Å². The fourth-order valence-electron chi connectivity index (χ4n) is 3.54. The second-order valence-electron chi connectivity index (χ2n) is 7.82. The van der Waals surface area contributed by atoms with Gasteiger partial charge in [-0.25, -0.2) is 4.98 Å². The zero-order valence-corrected chi connectivity index (χ0v) is 21.9. The summed E-state index contributed by atoms with van der Waals surface area (Å²) in [5, 5.41) is 3.52. The molecule has 0 radical (unpaired) electrons. The molecule has 1 aromatic heterocycles. The molecule has 4 rings (SSSR count). The summed E-state index contributed by atoms with van der Waals surface area (Å²) in [5.41, 5.74) is 4.09. The van der Waals surface area contributed by atoms with Crippen LogP contribution in [0, 0.1) is 0 Å². The number of carbonyl (C=O) groups is 1. The predicted octanol–water partition coefficient (Wildman–Crippen LogP) is 6.54. The number of thioether (sulfide) groups is 1. The topological polar surface area (TPSA) is 85.5 Å². The number of imidazole rings is 1. The Morgan fingerprint density at radius 1 is 0.917 bits per heavy atom. The van der Waals surface area contributed by atoms with E-state index in [1.165, 1.54) is 11.8 Å². The van der Waals surface area contributed by atoms with Gasteiger partial charge in [0, 0.05) is 16.8 Å². The molecule has 7 nitrogen and oxygen atoms in total. The van der Waals surface area contributed by atoms with Crippen molar-refractivity contribution in [2.75, 3.05) is 26.6 Å². The average Bonchev–Trinajstić information content (AvgIpc) is 3.32. The van der Waals surface area contributed by atoms with E-state index in [4.69, 9.17) is 30.8 Å². The molecule has 0 bridgehead atoms. The lowest BCUT2D eigenvalue weighted by atomic mass is 10.0. The highest BCUT2D eigenvalue weighted by atomic mass is 35.5. The van der Waals surface area contributed by atoms with Crippen LogP contribution in [-0.2, 0) is 4.79 Å². The monoisotopic (exact) mass is 523 g/mol. The maximum absolute atomic E-state index is 12.9. The zero-order valence-electron chi connectivity index (χ0n) is 20.3. The molecule has 0 spiro atoms. The largest absolute Gasteiger partial charge is 0.497 e. The van der Waals surface area contributed by atoms with Crippen molar-refractivity contribution in [2.24, 2.45) is 0 Å². The van der Waals surface area contributed by atoms with Crippen LogP contribution in [0.5, 0.6) is 17.2 Å². The van der Waals surface area contributed by atoms with Gasteiger partial charge in [0.1, 0.15) is 17.2 Å². The standard InChI is InChI=1S/C27H26ClN3O4S/c1-16(26(32)29-19-9-14-23(35-4)22(28)15-19)36-27-30-24(17-5-10-20(33-2)11-6-17)25(31-27)18-7-12-21(34-3)13-8-18/h5-16H,1-4H3,(H,29,32)(H,30,31). The Hall–Kier alpha value is -3.62. The number of nitrogens with one attached hydrogen (secondary N) is 2. The molecule has 4 aromatic rings. The highest BCUT2D eigenvalue weighted by Gasteiger charge is 2.20. The molecule has 1 unspecified atom stereocenters. The minimum absolute atomic E-state index is 0.172. The molecule has 0 aliphatic rings. The fraction of sp³-hybridized carbons (Fsp3) is 0.185. The number of carbonyl (C=O) groups excluding carboxylic acids is 1. The Balaban J connectivity index is 1.59. The van der Waals surface area contributed by atoms with E-state index in [1.54, 1.807) is 39.5 Å². The summed E-state index contributed by atoms with van der Waals surface area (Å²) in [6.45, 7) is 1.83. The van der Waals surface area contributed by atoms with Gasteiger partial charge >= 0.3 is 0 Å². The van der Waals surface area contributed by atoms with Gasteiger partial charge in [-0.15, -0.1) is 0 Å². The van der Waals surface area contributed by atoms with Crippen LogP contribution in [0.2, 0.25) is 5.02 Å². The van der Waals surface area contributed by atoms with Gasteiger partial charge in [-0.05, 0) is 73.7 Å². The van der Waals surface area contributed by atoms with Crippen molar-refractivity contribution in [3.63, 3.8) is 0 Å². The van der Waals surface area contributed by atoms with Crippen molar-refractivity contribution in [3.8, 4) is 39.8 Å². The molecule has 0 aliphatic heterocycles. The van der Waals surface area contributed by atoms with Crippen molar-refractivity contribution >= 4 is 35.0 Å². The van der Waals surface area contributed by atoms with E-state index in [0.29, 0.717) is 21.6 Å². The summed E-state index contributed by atoms with van der Waals surface area (Å²) >= 11 is 7.52. The number of anilines is 1. The van der Waals surface area contributed by atoms with Gasteiger partial charge in [-0.2, -0.15) is 0 Å². The number of aromatic nitrogens is 2. The SMILES string of the molecule is COc1ccc(-c2nc(SC(C)C(=O)Nc3ccc(OC)c(Cl)c3)[nH]c2-c2ccc(OC)cc2)cc1. The maximum atomic E-state index is 12.9. The Labute approximate surface area is 219 Å². The minimum Gasteiger partial charge on any atom is -0.497 e. The van der Waals surface area contributed by atoms with Gasteiger partial charge in [-0.3, -0.25) is 4.79 Å². The molecule has 2 N–H and O–H groups in total.